The van der Waals surface area contributed by atoms with Crippen molar-refractivity contribution in [3.8, 4) is 5.75 Å². The van der Waals surface area contributed by atoms with Crippen molar-refractivity contribution in [1.29, 1.82) is 10.8 Å². The molecule has 0 spiro atoms. The van der Waals surface area contributed by atoms with E-state index in [0.29, 0.717) is 17.1 Å². The summed E-state index contributed by atoms with van der Waals surface area (Å²) in [6, 6.07) is 12.3. The van der Waals surface area contributed by atoms with E-state index in [4.69, 9.17) is 36.2 Å². The van der Waals surface area contributed by atoms with E-state index < -0.39 is 35.4 Å². The number of hydrogen-bond donors (Lipinski definition) is 6. The predicted octanol–water partition coefficient (Wildman–Crippen LogP) is 3.53. The molecule has 0 radical (unpaired) electrons. The molecule has 1 amide bonds. The summed E-state index contributed by atoms with van der Waals surface area (Å²) in [5, 5.41) is 21.8. The van der Waals surface area contributed by atoms with Gasteiger partial charge in [0.1, 0.15) is 29.0 Å². The third-order valence-electron chi connectivity index (χ3n) is 5.34. The van der Waals surface area contributed by atoms with Gasteiger partial charge in [-0.3, -0.25) is 20.4 Å². The molecule has 1 heterocycles. The number of nitrogens with one attached hydrogen (secondary N) is 4. The van der Waals surface area contributed by atoms with Gasteiger partial charge in [-0.1, -0.05) is 18.2 Å². The molecule has 0 bridgehead atoms. The maximum absolute atomic E-state index is 12.7. The van der Waals surface area contributed by atoms with Crippen molar-refractivity contribution >= 4 is 69.8 Å². The SMILES string of the molecule is Br.CC(C)(C)OC(=O)CCC(NC(=N)N)C(=O)NCc1ccc(C(=O)Oc2ccc3cc(C(=N)N)ccc3c2)o1.Cl. The highest BCUT2D eigenvalue weighted by Gasteiger charge is 2.23. The number of rotatable bonds is 10. The fourth-order valence-corrected chi connectivity index (χ4v) is 3.60. The summed E-state index contributed by atoms with van der Waals surface area (Å²) >= 11 is 0. The summed E-state index contributed by atoms with van der Waals surface area (Å²) in [4.78, 5) is 37.3. The predicted molar refractivity (Wildman–Crippen MR) is 162 cm³/mol. The van der Waals surface area contributed by atoms with Crippen LogP contribution in [-0.2, 0) is 20.9 Å². The molecule has 1 unspecified atom stereocenters. The van der Waals surface area contributed by atoms with Gasteiger partial charge in [-0.15, -0.1) is 29.4 Å². The zero-order valence-electron chi connectivity index (χ0n) is 22.7. The number of carbonyl (C=O) groups excluding carboxylic acids is 3. The molecule has 0 saturated heterocycles. The minimum Gasteiger partial charge on any atom is -0.460 e. The van der Waals surface area contributed by atoms with Crippen LogP contribution in [0.25, 0.3) is 10.8 Å². The number of ether oxygens (including phenoxy) is 2. The van der Waals surface area contributed by atoms with Gasteiger partial charge in [0.25, 0.3) is 0 Å². The first-order valence-electron chi connectivity index (χ1n) is 12.1. The van der Waals surface area contributed by atoms with Gasteiger partial charge in [-0.25, -0.2) is 4.79 Å². The number of esters is 2. The van der Waals surface area contributed by atoms with Crippen LogP contribution in [0.15, 0.2) is 52.9 Å². The summed E-state index contributed by atoms with van der Waals surface area (Å²) in [6.07, 6.45) is -0.00306. The van der Waals surface area contributed by atoms with Crippen LogP contribution >= 0.6 is 29.4 Å². The molecule has 0 aliphatic carbocycles. The van der Waals surface area contributed by atoms with Crippen molar-refractivity contribution in [2.45, 2.75) is 51.8 Å². The molecule has 8 N–H and O–H groups in total. The van der Waals surface area contributed by atoms with Crippen LogP contribution in [0.2, 0.25) is 0 Å². The number of amides is 1. The number of amidine groups is 1. The van der Waals surface area contributed by atoms with Gasteiger partial charge in [0.05, 0.1) is 6.54 Å². The molecule has 0 aliphatic heterocycles. The smallest absolute Gasteiger partial charge is 0.379 e. The molecule has 3 aromatic rings. The molecule has 1 atom stereocenters. The van der Waals surface area contributed by atoms with Crippen LogP contribution in [0.3, 0.4) is 0 Å². The normalized spacial score (nSPS) is 11.3. The Morgan fingerprint density at radius 2 is 1.66 bits per heavy atom. The van der Waals surface area contributed by atoms with Gasteiger partial charge in [-0.2, -0.15) is 0 Å². The molecule has 0 saturated carbocycles. The lowest BCUT2D eigenvalue weighted by atomic mass is 10.1. The Kier molecular flexibility index (Phi) is 12.8. The second kappa shape index (κ2) is 15.1. The zero-order valence-corrected chi connectivity index (χ0v) is 25.3. The van der Waals surface area contributed by atoms with E-state index in [0.717, 1.165) is 10.8 Å². The van der Waals surface area contributed by atoms with E-state index in [2.05, 4.69) is 10.6 Å². The number of carbonyl (C=O) groups is 3. The number of hydrogen-bond acceptors (Lipinski definition) is 8. The first kappa shape index (κ1) is 34.9. The molecule has 0 aliphatic rings. The number of nitrogen functional groups attached to an aromatic ring is 1. The summed E-state index contributed by atoms with van der Waals surface area (Å²) in [5.41, 5.74) is 10.9. The lowest BCUT2D eigenvalue weighted by molar-refractivity contribution is -0.155. The van der Waals surface area contributed by atoms with E-state index in [1.54, 1.807) is 57.2 Å². The van der Waals surface area contributed by atoms with Crippen molar-refractivity contribution in [3.63, 3.8) is 0 Å². The molecule has 12 nitrogen and oxygen atoms in total. The summed E-state index contributed by atoms with van der Waals surface area (Å²) in [7, 11) is 0. The first-order chi connectivity index (χ1) is 18.3. The molecule has 1 aromatic heterocycles. The Morgan fingerprint density at radius 3 is 2.29 bits per heavy atom. The Bertz CT molecular complexity index is 1420. The molecular weight excluding hydrogens is 620 g/mol. The van der Waals surface area contributed by atoms with Gasteiger partial charge in [0, 0.05) is 12.0 Å². The van der Waals surface area contributed by atoms with Crippen LogP contribution in [0.1, 0.15) is 55.5 Å². The summed E-state index contributed by atoms with van der Waals surface area (Å²) in [6.45, 7) is 5.17. The Labute approximate surface area is 253 Å². The van der Waals surface area contributed by atoms with Crippen molar-refractivity contribution < 1.29 is 28.3 Å². The number of benzene rings is 2. The lowest BCUT2D eigenvalue weighted by Gasteiger charge is -2.21. The minimum absolute atomic E-state index is 0. The van der Waals surface area contributed by atoms with Gasteiger partial charge < -0.3 is 36.0 Å². The van der Waals surface area contributed by atoms with Crippen LogP contribution in [-0.4, -0.2) is 41.3 Å². The Hall–Kier alpha value is -4.10. The van der Waals surface area contributed by atoms with Gasteiger partial charge in [0.15, 0.2) is 5.96 Å². The molecule has 2 aromatic carbocycles. The number of guanidine groups is 1. The fraction of sp³-hybridized carbons (Fsp3) is 0.296. The highest BCUT2D eigenvalue weighted by Crippen LogP contribution is 2.23. The monoisotopic (exact) mass is 652 g/mol. The minimum atomic E-state index is -0.950. The summed E-state index contributed by atoms with van der Waals surface area (Å²) < 4.78 is 16.2. The molecule has 41 heavy (non-hydrogen) atoms. The standard InChI is InChI=1S/C27H32N6O6.BrH.ClH/c1-27(2,3)39-22(34)11-9-20(33-26(30)31)24(35)32-14-19-8-10-21(37-19)25(36)38-18-7-6-15-12-17(23(28)29)5-4-16(15)13-18;;/h4-8,10,12-13,20H,9,11,14H2,1-3H3,(H3,28,29)(H,32,35)(H4,30,31,33);2*1H. The Balaban J connectivity index is 0.00000420. The molecule has 3 rings (SSSR count). The van der Waals surface area contributed by atoms with Crippen LogP contribution in [0.4, 0.5) is 0 Å². The van der Waals surface area contributed by atoms with Crippen molar-refractivity contribution in [2.75, 3.05) is 0 Å². The van der Waals surface area contributed by atoms with E-state index in [9.17, 15) is 14.4 Å². The van der Waals surface area contributed by atoms with Gasteiger partial charge in [-0.05, 0) is 68.3 Å². The third-order valence-corrected chi connectivity index (χ3v) is 5.34. The van der Waals surface area contributed by atoms with Crippen LogP contribution in [0, 0.1) is 10.8 Å². The molecule has 222 valence electrons. The van der Waals surface area contributed by atoms with Crippen molar-refractivity contribution in [3.05, 3.63) is 65.6 Å². The maximum atomic E-state index is 12.7. The second-order valence-electron chi connectivity index (χ2n) is 9.75. The molecular formula is C27H34BrClN6O6. The third kappa shape index (κ3) is 10.8. The number of halogens is 2. The molecule has 0 fully saturated rings. The van der Waals surface area contributed by atoms with Gasteiger partial charge in [0.2, 0.25) is 11.7 Å². The largest absolute Gasteiger partial charge is 0.460 e. The topological polar surface area (TPSA) is 207 Å². The van der Waals surface area contributed by atoms with Crippen molar-refractivity contribution in [1.82, 2.24) is 10.6 Å². The van der Waals surface area contributed by atoms with E-state index in [1.165, 1.54) is 12.1 Å². The van der Waals surface area contributed by atoms with Crippen LogP contribution in [0.5, 0.6) is 5.75 Å². The average molecular weight is 654 g/mol. The first-order valence-corrected chi connectivity index (χ1v) is 12.1. The van der Waals surface area contributed by atoms with Crippen LogP contribution < -0.4 is 26.8 Å². The quantitative estimate of drug-likeness (QED) is 0.0818. The Morgan fingerprint density at radius 1 is 1.00 bits per heavy atom. The van der Waals surface area contributed by atoms with E-state index in [-0.39, 0.29) is 60.4 Å². The van der Waals surface area contributed by atoms with Gasteiger partial charge >= 0.3 is 11.9 Å². The van der Waals surface area contributed by atoms with E-state index >= 15 is 0 Å². The number of nitrogens with two attached hydrogens (primary N) is 2. The van der Waals surface area contributed by atoms with Crippen molar-refractivity contribution in [2.24, 2.45) is 11.5 Å². The maximum Gasteiger partial charge on any atom is 0.379 e. The summed E-state index contributed by atoms with van der Waals surface area (Å²) in [5.74, 6) is -1.64. The highest BCUT2D eigenvalue weighted by atomic mass is 79.9. The zero-order chi connectivity index (χ0) is 28.7. The lowest BCUT2D eigenvalue weighted by Crippen LogP contribution is -2.49. The highest BCUT2D eigenvalue weighted by molar-refractivity contribution is 8.93. The second-order valence-corrected chi connectivity index (χ2v) is 9.75. The number of fused-ring (bicyclic) bond motifs is 1. The molecule has 14 heteroatoms. The average Bonchev–Trinajstić information content (AvgIpc) is 3.32. The van der Waals surface area contributed by atoms with E-state index in [1.807, 2.05) is 0 Å². The fourth-order valence-electron chi connectivity index (χ4n) is 3.60. The number of furan rings is 1.